The Morgan fingerprint density at radius 2 is 2.10 bits per heavy atom. The molecule has 6 N–H and O–H groups in total. The minimum absolute atomic E-state index is 0.0583. The van der Waals surface area contributed by atoms with Crippen LogP contribution in [0.1, 0.15) is 18.4 Å². The number of carbonyl (C=O) groups excluding carboxylic acids is 1. The predicted molar refractivity (Wildman–Crippen MR) is 109 cm³/mol. The molecule has 3 rings (SSSR count). The molecule has 0 aliphatic rings. The monoisotopic (exact) mass is 455 g/mol. The fraction of sp³-hybridized carbons (Fsp3) is 0.235. The van der Waals surface area contributed by atoms with Gasteiger partial charge in [0.2, 0.25) is 11.9 Å². The molecule has 0 radical (unpaired) electrons. The van der Waals surface area contributed by atoms with Gasteiger partial charge in [0.25, 0.3) is 0 Å². The third kappa shape index (κ3) is 5.51. The van der Waals surface area contributed by atoms with Gasteiger partial charge in [-0.3, -0.25) is 14.6 Å². The van der Waals surface area contributed by atoms with Crippen LogP contribution in [0.25, 0.3) is 16.9 Å². The van der Waals surface area contributed by atoms with Gasteiger partial charge in [-0.2, -0.15) is 18.3 Å². The van der Waals surface area contributed by atoms with Gasteiger partial charge in [0.1, 0.15) is 5.82 Å². The Morgan fingerprint density at radius 3 is 2.81 bits per heavy atom. The number of amides is 1. The number of nitrogens with one attached hydrogen (secondary N) is 2. The molecule has 0 unspecified atom stereocenters. The van der Waals surface area contributed by atoms with Crippen molar-refractivity contribution < 1.29 is 18.0 Å². The van der Waals surface area contributed by atoms with E-state index in [1.807, 2.05) is 0 Å². The number of carbonyl (C=O) groups is 1. The number of fused-ring (bicyclic) bond motifs is 1. The van der Waals surface area contributed by atoms with Crippen molar-refractivity contribution in [1.29, 1.82) is 0 Å². The minimum atomic E-state index is -4.64. The molecular weight excluding hydrogens is 439 g/mol. The maximum atomic E-state index is 13.1. The number of pyridine rings is 1. The first-order chi connectivity index (χ1) is 14.7. The highest BCUT2D eigenvalue weighted by molar-refractivity contribution is 6.21. The Labute approximate surface area is 178 Å². The first kappa shape index (κ1) is 22.1. The number of anilines is 2. The van der Waals surface area contributed by atoms with Gasteiger partial charge >= 0.3 is 6.18 Å². The van der Waals surface area contributed by atoms with Crippen LogP contribution in [0.3, 0.4) is 0 Å². The van der Waals surface area contributed by atoms with Gasteiger partial charge in [-0.15, -0.1) is 0 Å². The van der Waals surface area contributed by atoms with E-state index >= 15 is 0 Å². The molecule has 0 aromatic carbocycles. The minimum Gasteiger partial charge on any atom is -0.383 e. The van der Waals surface area contributed by atoms with Crippen LogP contribution in [0.15, 0.2) is 35.6 Å². The number of aliphatic imine (C=N–C) groups is 1. The van der Waals surface area contributed by atoms with Crippen LogP contribution in [0, 0.1) is 0 Å². The Balaban J connectivity index is 1.73. The molecule has 3 aromatic rings. The lowest BCUT2D eigenvalue weighted by Crippen LogP contribution is -2.24. The second-order valence-corrected chi connectivity index (χ2v) is 6.50. The maximum Gasteiger partial charge on any atom is 0.419 e. The quantitative estimate of drug-likeness (QED) is 0.192. The summed E-state index contributed by atoms with van der Waals surface area (Å²) < 4.78 is 40.6. The van der Waals surface area contributed by atoms with E-state index in [1.165, 1.54) is 23.0 Å². The molecule has 14 heteroatoms. The van der Waals surface area contributed by atoms with Crippen molar-refractivity contribution in [2.75, 3.05) is 17.6 Å². The van der Waals surface area contributed by atoms with Crippen molar-refractivity contribution in [1.82, 2.24) is 24.4 Å². The number of alkyl halides is 3. The molecule has 0 fully saturated rings. The van der Waals surface area contributed by atoms with Crippen molar-refractivity contribution >= 4 is 40.9 Å². The first-order valence-electron chi connectivity index (χ1n) is 8.83. The number of halogens is 4. The van der Waals surface area contributed by atoms with Crippen LogP contribution >= 0.6 is 11.8 Å². The number of imidazole rings is 1. The second kappa shape index (κ2) is 9.04. The van der Waals surface area contributed by atoms with Crippen molar-refractivity contribution in [2.45, 2.75) is 19.0 Å². The zero-order valence-electron chi connectivity index (χ0n) is 15.8. The highest BCUT2D eigenvalue weighted by atomic mass is 35.5. The molecule has 0 spiro atoms. The number of aromatic nitrogens is 4. The summed E-state index contributed by atoms with van der Waals surface area (Å²) in [6.07, 6.45) is -1.39. The number of nitrogens with zero attached hydrogens (tertiary/aromatic N) is 5. The van der Waals surface area contributed by atoms with Crippen LogP contribution in [-0.4, -0.2) is 38.0 Å². The molecule has 0 aliphatic carbocycles. The van der Waals surface area contributed by atoms with Crippen molar-refractivity contribution in [3.8, 4) is 11.3 Å². The smallest absolute Gasteiger partial charge is 0.383 e. The van der Waals surface area contributed by atoms with E-state index in [0.29, 0.717) is 18.6 Å². The van der Waals surface area contributed by atoms with E-state index in [4.69, 9.17) is 23.2 Å². The average molecular weight is 456 g/mol. The van der Waals surface area contributed by atoms with Crippen molar-refractivity contribution in [3.63, 3.8) is 0 Å². The highest BCUT2D eigenvalue weighted by Crippen LogP contribution is 2.34. The van der Waals surface area contributed by atoms with Gasteiger partial charge in [-0.25, -0.2) is 14.5 Å². The molecule has 10 nitrogen and oxygen atoms in total. The number of rotatable bonds is 6. The van der Waals surface area contributed by atoms with Crippen LogP contribution in [-0.2, 0) is 11.0 Å². The van der Waals surface area contributed by atoms with E-state index in [-0.39, 0.29) is 35.4 Å². The molecule has 0 saturated carbocycles. The summed E-state index contributed by atoms with van der Waals surface area (Å²) >= 11 is 5.26. The van der Waals surface area contributed by atoms with Crippen LogP contribution in [0.5, 0.6) is 0 Å². The molecule has 0 bridgehead atoms. The first-order valence-corrected chi connectivity index (χ1v) is 9.21. The van der Waals surface area contributed by atoms with Crippen molar-refractivity contribution in [3.05, 3.63) is 36.2 Å². The molecule has 3 heterocycles. The third-order valence-electron chi connectivity index (χ3n) is 4.05. The summed E-state index contributed by atoms with van der Waals surface area (Å²) in [7, 11) is 0. The van der Waals surface area contributed by atoms with E-state index in [9.17, 15) is 18.0 Å². The SMILES string of the molecule is NC(=NCCCC(=O)Nc1cn2nc(-c3cnc(N)c(C(F)(F)F)c3)ccc2n1)NCl. The zero-order valence-corrected chi connectivity index (χ0v) is 16.6. The fourth-order valence-electron chi connectivity index (χ4n) is 2.61. The lowest BCUT2D eigenvalue weighted by Gasteiger charge is -2.10. The summed E-state index contributed by atoms with van der Waals surface area (Å²) in [6, 6.07) is 3.93. The highest BCUT2D eigenvalue weighted by Gasteiger charge is 2.34. The Morgan fingerprint density at radius 1 is 1.32 bits per heavy atom. The van der Waals surface area contributed by atoms with Gasteiger partial charge in [0, 0.05) is 36.5 Å². The zero-order chi connectivity index (χ0) is 22.6. The summed E-state index contributed by atoms with van der Waals surface area (Å²) in [5, 5.41) is 6.85. The largest absolute Gasteiger partial charge is 0.419 e. The summed E-state index contributed by atoms with van der Waals surface area (Å²) in [5.41, 5.74) is 10.4. The molecule has 1 amide bonds. The number of nitrogen functional groups attached to an aromatic ring is 1. The van der Waals surface area contributed by atoms with Gasteiger partial charge in [-0.05, 0) is 24.6 Å². The molecule has 3 aromatic heterocycles. The average Bonchev–Trinajstić information content (AvgIpc) is 3.11. The van der Waals surface area contributed by atoms with Gasteiger partial charge in [-0.1, -0.05) is 0 Å². The Bertz CT molecular complexity index is 1130. The topological polar surface area (TPSA) is 149 Å². The number of nitrogens with two attached hydrogens (primary N) is 2. The summed E-state index contributed by atoms with van der Waals surface area (Å²) in [6.45, 7) is 0.310. The Kier molecular flexibility index (Phi) is 6.44. The molecule has 31 heavy (non-hydrogen) atoms. The Hall–Kier alpha value is -3.61. The molecular formula is C17H17ClF3N9O. The van der Waals surface area contributed by atoms with E-state index < -0.39 is 17.6 Å². The normalized spacial score (nSPS) is 12.2. The number of hydrogen-bond acceptors (Lipinski definition) is 6. The predicted octanol–water partition coefficient (Wildman–Crippen LogP) is 2.17. The fourth-order valence-corrected chi connectivity index (χ4v) is 2.67. The molecule has 164 valence electrons. The standard InChI is InChI=1S/C17H17ClF3N9O/c18-28-16(23)24-5-1-2-14(31)27-12-8-30-13(26-12)4-3-11(29-30)9-6-10(17(19,20)21)15(22)25-7-9/h3-4,6-8H,1-2,5H2,(H2,22,25)(H,27,31)(H3,23,24,28). The van der Waals surface area contributed by atoms with E-state index in [0.717, 1.165) is 6.07 Å². The number of hydrogen-bond donors (Lipinski definition) is 4. The maximum absolute atomic E-state index is 13.1. The molecule has 0 atom stereocenters. The summed E-state index contributed by atoms with van der Waals surface area (Å²) in [5.74, 6) is -0.611. The third-order valence-corrected chi connectivity index (χ3v) is 4.24. The van der Waals surface area contributed by atoms with Crippen LogP contribution < -0.4 is 21.6 Å². The van der Waals surface area contributed by atoms with E-state index in [1.54, 1.807) is 6.07 Å². The van der Waals surface area contributed by atoms with Gasteiger partial charge < -0.3 is 16.8 Å². The second-order valence-electron chi connectivity index (χ2n) is 6.32. The van der Waals surface area contributed by atoms with Crippen LogP contribution in [0.2, 0.25) is 0 Å². The van der Waals surface area contributed by atoms with Crippen LogP contribution in [0.4, 0.5) is 24.8 Å². The lowest BCUT2D eigenvalue weighted by atomic mass is 10.1. The van der Waals surface area contributed by atoms with Crippen molar-refractivity contribution in [2.24, 2.45) is 10.7 Å². The van der Waals surface area contributed by atoms with Gasteiger partial charge in [0.05, 0.1) is 17.5 Å². The number of guanidine groups is 1. The molecule has 0 aliphatic heterocycles. The lowest BCUT2D eigenvalue weighted by molar-refractivity contribution is -0.137. The summed E-state index contributed by atoms with van der Waals surface area (Å²) in [4.78, 5) is 25.9. The molecule has 0 saturated heterocycles. The van der Waals surface area contributed by atoms with E-state index in [2.05, 4.69) is 30.2 Å². The van der Waals surface area contributed by atoms with Gasteiger partial charge in [0.15, 0.2) is 11.5 Å².